The van der Waals surface area contributed by atoms with Gasteiger partial charge < -0.3 is 15.0 Å². The minimum atomic E-state index is -0.698. The molecule has 0 fully saturated rings. The van der Waals surface area contributed by atoms with Crippen LogP contribution in [-0.4, -0.2) is 34.9 Å². The van der Waals surface area contributed by atoms with Gasteiger partial charge in [0.2, 0.25) is 5.91 Å². The fraction of sp³-hybridized carbons (Fsp3) is 0.391. The lowest BCUT2D eigenvalue weighted by Gasteiger charge is -2.33. The minimum Gasteiger partial charge on any atom is -0.481 e. The van der Waals surface area contributed by atoms with Crippen LogP contribution in [-0.2, 0) is 16.1 Å². The number of para-hydroxylation sites is 1. The molecule has 1 N–H and O–H groups in total. The molecule has 0 aliphatic rings. The molecule has 30 heavy (non-hydrogen) atoms. The first kappa shape index (κ1) is 23.7. The first-order valence-corrected chi connectivity index (χ1v) is 10.2. The van der Waals surface area contributed by atoms with Crippen molar-refractivity contribution in [2.24, 2.45) is 0 Å². The molecule has 0 unspecified atom stereocenters. The van der Waals surface area contributed by atoms with Crippen LogP contribution in [0, 0.1) is 5.82 Å². The lowest BCUT2D eigenvalue weighted by Crippen LogP contribution is -2.54. The number of hydrogen-bond donors (Lipinski definition) is 1. The fourth-order valence-electron chi connectivity index (χ4n) is 2.94. The van der Waals surface area contributed by atoms with Crippen LogP contribution in [0.2, 0.25) is 5.02 Å². The molecule has 0 aliphatic heterocycles. The van der Waals surface area contributed by atoms with Gasteiger partial charge in [-0.25, -0.2) is 4.39 Å². The molecule has 0 aromatic heterocycles. The molecule has 0 spiro atoms. The van der Waals surface area contributed by atoms with Crippen molar-refractivity contribution in [3.8, 4) is 5.75 Å². The van der Waals surface area contributed by atoms with Gasteiger partial charge in [-0.1, -0.05) is 42.8 Å². The summed E-state index contributed by atoms with van der Waals surface area (Å²) in [5, 5.41) is 3.51. The number of nitrogens with zero attached hydrogens (tertiary/aromatic N) is 1. The highest BCUT2D eigenvalue weighted by molar-refractivity contribution is 6.30. The van der Waals surface area contributed by atoms with E-state index in [0.717, 1.165) is 5.56 Å². The van der Waals surface area contributed by atoms with Crippen molar-refractivity contribution in [1.29, 1.82) is 0 Å². The van der Waals surface area contributed by atoms with Gasteiger partial charge in [-0.3, -0.25) is 9.59 Å². The normalized spacial score (nSPS) is 12.2. The van der Waals surface area contributed by atoms with E-state index in [1.807, 2.05) is 27.7 Å². The maximum Gasteiger partial charge on any atom is 0.261 e. The van der Waals surface area contributed by atoms with Crippen molar-refractivity contribution in [3.05, 3.63) is 64.9 Å². The Labute approximate surface area is 182 Å². The van der Waals surface area contributed by atoms with Crippen LogP contribution in [0.4, 0.5) is 4.39 Å². The Morgan fingerprint density at radius 2 is 1.77 bits per heavy atom. The molecule has 2 rings (SSSR count). The Bertz CT molecular complexity index is 865. The first-order chi connectivity index (χ1) is 14.1. The quantitative estimate of drug-likeness (QED) is 0.661. The van der Waals surface area contributed by atoms with Gasteiger partial charge in [-0.15, -0.1) is 0 Å². The van der Waals surface area contributed by atoms with Gasteiger partial charge in [0, 0.05) is 17.1 Å². The van der Waals surface area contributed by atoms with Crippen molar-refractivity contribution in [3.63, 3.8) is 0 Å². The number of benzene rings is 2. The number of amides is 2. The maximum absolute atomic E-state index is 13.8. The number of halogens is 2. The Hall–Kier alpha value is -2.60. The highest BCUT2D eigenvalue weighted by Crippen LogP contribution is 2.18. The van der Waals surface area contributed by atoms with Gasteiger partial charge in [0.1, 0.15) is 6.04 Å². The average Bonchev–Trinajstić information content (AvgIpc) is 2.67. The third kappa shape index (κ3) is 7.02. The van der Waals surface area contributed by atoms with Crippen molar-refractivity contribution in [2.75, 3.05) is 6.61 Å². The zero-order chi connectivity index (χ0) is 22.3. The van der Waals surface area contributed by atoms with Crippen molar-refractivity contribution < 1.29 is 18.7 Å². The van der Waals surface area contributed by atoms with Crippen LogP contribution in [0.25, 0.3) is 0 Å². The van der Waals surface area contributed by atoms with Gasteiger partial charge in [0.25, 0.3) is 5.91 Å². The van der Waals surface area contributed by atoms with Crippen molar-refractivity contribution in [1.82, 2.24) is 10.2 Å². The summed E-state index contributed by atoms with van der Waals surface area (Å²) in [6, 6.07) is 12.2. The van der Waals surface area contributed by atoms with Gasteiger partial charge in [0.05, 0.1) is 0 Å². The van der Waals surface area contributed by atoms with E-state index in [-0.39, 0.29) is 24.8 Å². The summed E-state index contributed by atoms with van der Waals surface area (Å²) in [6.45, 7) is 7.30. The Kier molecular flexibility index (Phi) is 8.24. The molecule has 5 nitrogen and oxygen atoms in total. The molecule has 0 saturated carbocycles. The summed E-state index contributed by atoms with van der Waals surface area (Å²) in [7, 11) is 0. The lowest BCUT2D eigenvalue weighted by atomic mass is 10.1. The van der Waals surface area contributed by atoms with Gasteiger partial charge >= 0.3 is 0 Å². The van der Waals surface area contributed by atoms with Crippen LogP contribution in [0.1, 0.15) is 39.7 Å². The predicted octanol–water partition coefficient (Wildman–Crippen LogP) is 4.58. The van der Waals surface area contributed by atoms with E-state index in [0.29, 0.717) is 11.4 Å². The van der Waals surface area contributed by atoms with E-state index in [1.54, 1.807) is 36.4 Å². The van der Waals surface area contributed by atoms with Crippen molar-refractivity contribution >= 4 is 23.4 Å². The number of hydrogen-bond acceptors (Lipinski definition) is 3. The largest absolute Gasteiger partial charge is 0.481 e. The summed E-state index contributed by atoms with van der Waals surface area (Å²) in [6.07, 6.45) is 0.418. The average molecular weight is 435 g/mol. The van der Waals surface area contributed by atoms with Gasteiger partial charge in [-0.2, -0.15) is 0 Å². The number of rotatable bonds is 8. The summed E-state index contributed by atoms with van der Waals surface area (Å²) < 4.78 is 19.2. The molecule has 7 heteroatoms. The zero-order valence-electron chi connectivity index (χ0n) is 17.7. The number of ether oxygens (including phenoxy) is 1. The molecule has 0 aliphatic carbocycles. The summed E-state index contributed by atoms with van der Waals surface area (Å²) in [4.78, 5) is 27.4. The highest BCUT2D eigenvalue weighted by Gasteiger charge is 2.31. The second kappa shape index (κ2) is 10.4. The molecule has 2 aromatic carbocycles. The molecular formula is C23H28ClFN2O3. The molecule has 2 aromatic rings. The topological polar surface area (TPSA) is 58.6 Å². The van der Waals surface area contributed by atoms with E-state index in [2.05, 4.69) is 5.32 Å². The van der Waals surface area contributed by atoms with Crippen LogP contribution < -0.4 is 10.1 Å². The molecule has 0 heterocycles. The van der Waals surface area contributed by atoms with Crippen LogP contribution in [0.5, 0.6) is 5.75 Å². The third-order valence-electron chi connectivity index (χ3n) is 4.34. The fourth-order valence-corrected chi connectivity index (χ4v) is 3.07. The van der Waals surface area contributed by atoms with E-state index in [4.69, 9.17) is 16.3 Å². The molecule has 0 radical (unpaired) electrons. The molecule has 1 atom stereocenters. The maximum atomic E-state index is 13.8. The first-order valence-electron chi connectivity index (χ1n) is 9.84. The van der Waals surface area contributed by atoms with E-state index >= 15 is 0 Å². The Balaban J connectivity index is 2.24. The smallest absolute Gasteiger partial charge is 0.261 e. The van der Waals surface area contributed by atoms with Crippen LogP contribution in [0.3, 0.4) is 0 Å². The number of carbonyl (C=O) groups excluding carboxylic acids is 2. The van der Waals surface area contributed by atoms with Crippen LogP contribution >= 0.6 is 11.6 Å². The third-order valence-corrected chi connectivity index (χ3v) is 4.59. The van der Waals surface area contributed by atoms with Crippen LogP contribution in [0.15, 0.2) is 48.5 Å². The second-order valence-electron chi connectivity index (χ2n) is 8.03. The standard InChI is InChI=1S/C23H28ClFN2O3/c1-5-19(22(29)26-23(2,3)4)27(14-16-10-12-17(24)13-11-16)21(28)15-30-20-9-7-6-8-18(20)25/h6-13,19H,5,14-15H2,1-4H3,(H,26,29)/t19-/m0/s1. The summed E-state index contributed by atoms with van der Waals surface area (Å²) in [5.41, 5.74) is 0.379. The Morgan fingerprint density at radius 1 is 1.13 bits per heavy atom. The zero-order valence-corrected chi connectivity index (χ0v) is 18.5. The van der Waals surface area contributed by atoms with E-state index < -0.39 is 23.3 Å². The minimum absolute atomic E-state index is 0.00974. The second-order valence-corrected chi connectivity index (χ2v) is 8.47. The van der Waals surface area contributed by atoms with Crippen molar-refractivity contribution in [2.45, 2.75) is 52.2 Å². The summed E-state index contributed by atoms with van der Waals surface area (Å²) in [5.74, 6) is -1.22. The molecule has 0 saturated heterocycles. The van der Waals surface area contributed by atoms with E-state index in [9.17, 15) is 14.0 Å². The Morgan fingerprint density at radius 3 is 2.33 bits per heavy atom. The monoisotopic (exact) mass is 434 g/mol. The highest BCUT2D eigenvalue weighted by atomic mass is 35.5. The van der Waals surface area contributed by atoms with Gasteiger partial charge in [0.15, 0.2) is 18.2 Å². The molecule has 2 amide bonds. The lowest BCUT2D eigenvalue weighted by molar-refractivity contribution is -0.143. The number of nitrogens with one attached hydrogen (secondary N) is 1. The molecule has 0 bridgehead atoms. The molecular weight excluding hydrogens is 407 g/mol. The molecule has 162 valence electrons. The van der Waals surface area contributed by atoms with Gasteiger partial charge in [-0.05, 0) is 57.0 Å². The SMILES string of the molecule is CC[C@@H](C(=O)NC(C)(C)C)N(Cc1ccc(Cl)cc1)C(=O)COc1ccccc1F. The summed E-state index contributed by atoms with van der Waals surface area (Å²) >= 11 is 5.96. The number of carbonyl (C=O) groups is 2. The predicted molar refractivity (Wildman–Crippen MR) is 116 cm³/mol. The van der Waals surface area contributed by atoms with E-state index in [1.165, 1.54) is 17.0 Å².